The van der Waals surface area contributed by atoms with Crippen molar-refractivity contribution < 1.29 is 4.79 Å². The molecule has 5 rings (SSSR count). The van der Waals surface area contributed by atoms with Crippen molar-refractivity contribution >= 4 is 28.2 Å². The van der Waals surface area contributed by atoms with E-state index in [2.05, 4.69) is 65.9 Å². The van der Waals surface area contributed by atoms with Crippen molar-refractivity contribution in [3.05, 3.63) is 59.3 Å². The maximum atomic E-state index is 13.3. The van der Waals surface area contributed by atoms with Gasteiger partial charge in [-0.2, -0.15) is 0 Å². The molecule has 1 atom stereocenters. The van der Waals surface area contributed by atoms with Crippen molar-refractivity contribution in [3.8, 4) is 0 Å². The van der Waals surface area contributed by atoms with E-state index in [0.717, 1.165) is 42.6 Å². The van der Waals surface area contributed by atoms with Gasteiger partial charge >= 0.3 is 0 Å². The van der Waals surface area contributed by atoms with Gasteiger partial charge in [0.2, 0.25) is 5.91 Å². The molecule has 4 heteroatoms. The third kappa shape index (κ3) is 4.73. The van der Waals surface area contributed by atoms with Gasteiger partial charge in [0, 0.05) is 34.5 Å². The number of H-pyrrole nitrogens is 1. The number of hydrogen-bond acceptors (Lipinski definition) is 2. The van der Waals surface area contributed by atoms with Crippen LogP contribution in [-0.2, 0) is 16.6 Å². The fraction of sp³-hybridized carbons (Fsp3) is 0.500. The fourth-order valence-electron chi connectivity index (χ4n) is 5.50. The smallest absolute Gasteiger partial charge is 0.235 e. The van der Waals surface area contributed by atoms with Crippen LogP contribution in [0.5, 0.6) is 0 Å². The van der Waals surface area contributed by atoms with Gasteiger partial charge in [-0.25, -0.2) is 0 Å². The lowest BCUT2D eigenvalue weighted by atomic mass is 9.93. The molecule has 2 aliphatic rings. The zero-order valence-electron chi connectivity index (χ0n) is 20.8. The molecule has 2 aromatic carbocycles. The fourth-order valence-corrected chi connectivity index (χ4v) is 5.50. The van der Waals surface area contributed by atoms with Crippen molar-refractivity contribution in [3.63, 3.8) is 0 Å². The van der Waals surface area contributed by atoms with Gasteiger partial charge in [-0.1, -0.05) is 64.5 Å². The van der Waals surface area contributed by atoms with Gasteiger partial charge in [0.15, 0.2) is 0 Å². The molecule has 180 valence electrons. The summed E-state index contributed by atoms with van der Waals surface area (Å²) in [7, 11) is 0. The molecule has 3 aromatic rings. The van der Waals surface area contributed by atoms with Crippen LogP contribution in [0, 0.1) is 0 Å². The van der Waals surface area contributed by atoms with Crippen LogP contribution in [0.15, 0.2) is 42.5 Å². The molecule has 1 unspecified atom stereocenters. The number of nitrogens with one attached hydrogen (secondary N) is 3. The topological polar surface area (TPSA) is 56.9 Å². The summed E-state index contributed by atoms with van der Waals surface area (Å²) >= 11 is 0. The van der Waals surface area contributed by atoms with Crippen molar-refractivity contribution in [2.24, 2.45) is 0 Å². The number of amides is 1. The van der Waals surface area contributed by atoms with E-state index in [4.69, 9.17) is 0 Å². The van der Waals surface area contributed by atoms with E-state index in [-0.39, 0.29) is 11.3 Å². The lowest BCUT2D eigenvalue weighted by molar-refractivity contribution is -0.118. The molecule has 1 saturated carbocycles. The average molecular weight is 458 g/mol. The predicted octanol–water partition coefficient (Wildman–Crippen LogP) is 7.66. The number of anilines is 2. The zero-order chi connectivity index (χ0) is 23.5. The average Bonchev–Trinajstić information content (AvgIpc) is 3.33. The molecule has 1 aromatic heterocycles. The van der Waals surface area contributed by atoms with Gasteiger partial charge < -0.3 is 15.6 Å². The van der Waals surface area contributed by atoms with Gasteiger partial charge in [0.1, 0.15) is 0 Å². The van der Waals surface area contributed by atoms with E-state index >= 15 is 0 Å². The molecule has 0 saturated heterocycles. The minimum Gasteiger partial charge on any atom is -0.384 e. The Labute approximate surface area is 203 Å². The first-order valence-electron chi connectivity index (χ1n) is 13.4. The molecule has 0 spiro atoms. The summed E-state index contributed by atoms with van der Waals surface area (Å²) in [4.78, 5) is 16.9. The molecule has 1 aliphatic carbocycles. The van der Waals surface area contributed by atoms with Crippen LogP contribution in [0.1, 0.15) is 94.4 Å². The van der Waals surface area contributed by atoms with Crippen LogP contribution < -0.4 is 10.6 Å². The monoisotopic (exact) mass is 457 g/mol. The van der Waals surface area contributed by atoms with E-state index in [9.17, 15) is 4.79 Å². The highest BCUT2D eigenvalue weighted by molar-refractivity contribution is 6.02. The van der Waals surface area contributed by atoms with Crippen molar-refractivity contribution in [1.29, 1.82) is 0 Å². The Bertz CT molecular complexity index is 1160. The number of hydrogen-bond donors (Lipinski definition) is 3. The van der Waals surface area contributed by atoms with Crippen LogP contribution in [0.25, 0.3) is 10.9 Å². The summed E-state index contributed by atoms with van der Waals surface area (Å²) in [5.41, 5.74) is 6.67. The van der Waals surface area contributed by atoms with Crippen LogP contribution >= 0.6 is 0 Å². The Hall–Kier alpha value is -2.75. The minimum atomic E-state index is -0.372. The summed E-state index contributed by atoms with van der Waals surface area (Å²) in [5, 5.41) is 7.85. The van der Waals surface area contributed by atoms with Gasteiger partial charge in [-0.3, -0.25) is 4.79 Å². The highest BCUT2D eigenvalue weighted by Crippen LogP contribution is 2.50. The standard InChI is InChI=1S/C30H39N3O/c1-3-4-5-6-7-8-9-21(2)27-19-23-18-25(12-13-26(23)33-27)32-29(34)30(15-16-30)24-11-10-22-14-17-31-28(22)20-24/h10-13,18-21,31,33H,3-9,14-17H2,1-2H3,(H,32,34). The molecule has 1 fully saturated rings. The van der Waals surface area contributed by atoms with E-state index in [1.54, 1.807) is 0 Å². The summed E-state index contributed by atoms with van der Waals surface area (Å²) in [6.45, 7) is 5.58. The number of aromatic nitrogens is 1. The van der Waals surface area contributed by atoms with E-state index < -0.39 is 0 Å². The third-order valence-electron chi connectivity index (χ3n) is 7.98. The SMILES string of the molecule is CCCCCCCCC(C)c1cc2cc(NC(=O)C3(c4ccc5c(c4)NCC5)CC3)ccc2[nH]1. The lowest BCUT2D eigenvalue weighted by Crippen LogP contribution is -2.27. The molecule has 0 radical (unpaired) electrons. The van der Waals surface area contributed by atoms with Crippen LogP contribution in [0.3, 0.4) is 0 Å². The summed E-state index contributed by atoms with van der Waals surface area (Å²) in [6.07, 6.45) is 12.2. The van der Waals surface area contributed by atoms with Gasteiger partial charge in [0.05, 0.1) is 5.41 Å². The number of aromatic amines is 1. The highest BCUT2D eigenvalue weighted by Gasteiger charge is 2.51. The van der Waals surface area contributed by atoms with Gasteiger partial charge in [-0.05, 0) is 73.1 Å². The molecule has 1 amide bonds. The number of carbonyl (C=O) groups is 1. The maximum Gasteiger partial charge on any atom is 0.235 e. The van der Waals surface area contributed by atoms with Crippen molar-refractivity contribution in [2.45, 2.75) is 89.4 Å². The Morgan fingerprint density at radius 2 is 1.85 bits per heavy atom. The first-order chi connectivity index (χ1) is 16.6. The number of fused-ring (bicyclic) bond motifs is 2. The Morgan fingerprint density at radius 3 is 2.68 bits per heavy atom. The summed E-state index contributed by atoms with van der Waals surface area (Å²) in [5.74, 6) is 0.650. The molecule has 3 N–H and O–H groups in total. The zero-order valence-corrected chi connectivity index (χ0v) is 20.8. The summed E-state index contributed by atoms with van der Waals surface area (Å²) < 4.78 is 0. The number of unbranched alkanes of at least 4 members (excludes halogenated alkanes) is 5. The lowest BCUT2D eigenvalue weighted by Gasteiger charge is -2.17. The second-order valence-electron chi connectivity index (χ2n) is 10.6. The normalized spacial score (nSPS) is 16.8. The first kappa shape index (κ1) is 23.0. The first-order valence-corrected chi connectivity index (χ1v) is 13.4. The largest absolute Gasteiger partial charge is 0.384 e. The molecule has 0 bridgehead atoms. The van der Waals surface area contributed by atoms with E-state index in [0.29, 0.717) is 5.92 Å². The predicted molar refractivity (Wildman–Crippen MR) is 143 cm³/mol. The Morgan fingerprint density at radius 1 is 1.03 bits per heavy atom. The van der Waals surface area contributed by atoms with E-state index in [1.807, 2.05) is 6.07 Å². The van der Waals surface area contributed by atoms with Crippen molar-refractivity contribution in [2.75, 3.05) is 17.2 Å². The van der Waals surface area contributed by atoms with Crippen LogP contribution in [-0.4, -0.2) is 17.4 Å². The number of benzene rings is 2. The van der Waals surface area contributed by atoms with Gasteiger partial charge in [-0.15, -0.1) is 0 Å². The van der Waals surface area contributed by atoms with E-state index in [1.165, 1.54) is 67.3 Å². The highest BCUT2D eigenvalue weighted by atomic mass is 16.2. The molecule has 1 aliphatic heterocycles. The maximum absolute atomic E-state index is 13.3. The molecular formula is C30H39N3O. The number of carbonyl (C=O) groups excluding carboxylic acids is 1. The molecule has 34 heavy (non-hydrogen) atoms. The molecule has 4 nitrogen and oxygen atoms in total. The van der Waals surface area contributed by atoms with Crippen LogP contribution in [0.2, 0.25) is 0 Å². The van der Waals surface area contributed by atoms with Crippen molar-refractivity contribution in [1.82, 2.24) is 4.98 Å². The molecular weight excluding hydrogens is 418 g/mol. The minimum absolute atomic E-state index is 0.122. The summed E-state index contributed by atoms with van der Waals surface area (Å²) in [6, 6.07) is 15.1. The van der Waals surface area contributed by atoms with Crippen LogP contribution in [0.4, 0.5) is 11.4 Å². The second kappa shape index (κ2) is 9.85. The quantitative estimate of drug-likeness (QED) is 0.259. The Kier molecular flexibility index (Phi) is 6.67. The third-order valence-corrected chi connectivity index (χ3v) is 7.98. The number of rotatable bonds is 11. The van der Waals surface area contributed by atoms with Gasteiger partial charge in [0.25, 0.3) is 0 Å². The Balaban J connectivity index is 1.22. The second-order valence-corrected chi connectivity index (χ2v) is 10.6. The molecule has 2 heterocycles.